The van der Waals surface area contributed by atoms with Crippen molar-refractivity contribution in [3.05, 3.63) is 35.1 Å². The minimum absolute atomic E-state index is 0.135. The predicted octanol–water partition coefficient (Wildman–Crippen LogP) is 1.91. The molecule has 0 aliphatic carbocycles. The van der Waals surface area contributed by atoms with Crippen LogP contribution in [0.25, 0.3) is 0 Å². The number of benzene rings is 1. The summed E-state index contributed by atoms with van der Waals surface area (Å²) in [6.45, 7) is 3.53. The van der Waals surface area contributed by atoms with E-state index in [1.165, 1.54) is 24.6 Å². The van der Waals surface area contributed by atoms with Crippen LogP contribution in [0.4, 0.5) is 4.39 Å². The van der Waals surface area contributed by atoms with Gasteiger partial charge in [0.15, 0.2) is 0 Å². The molecule has 1 aromatic rings. The van der Waals surface area contributed by atoms with Crippen LogP contribution in [0.15, 0.2) is 18.2 Å². The highest BCUT2D eigenvalue weighted by atomic mass is 19.1. The van der Waals surface area contributed by atoms with Gasteiger partial charge in [-0.2, -0.15) is 0 Å². The minimum atomic E-state index is -1.02. The second kappa shape index (κ2) is 6.33. The van der Waals surface area contributed by atoms with Crippen LogP contribution in [0.1, 0.15) is 22.3 Å². The molecule has 1 N–H and O–H groups in total. The van der Waals surface area contributed by atoms with Crippen molar-refractivity contribution in [2.45, 2.75) is 13.0 Å². The molecule has 110 valence electrons. The van der Waals surface area contributed by atoms with Gasteiger partial charge < -0.3 is 14.9 Å². The van der Waals surface area contributed by atoms with Gasteiger partial charge in [-0.1, -0.05) is 0 Å². The summed E-state index contributed by atoms with van der Waals surface area (Å²) >= 11 is 0. The lowest BCUT2D eigenvalue weighted by Gasteiger charge is -2.21. The number of carboxylic acid groups (broad SMARTS) is 1. The summed E-state index contributed by atoms with van der Waals surface area (Å²) in [4.78, 5) is 15.3. The molecule has 2 rings (SSSR count). The van der Waals surface area contributed by atoms with Crippen molar-refractivity contribution in [2.24, 2.45) is 5.92 Å². The van der Waals surface area contributed by atoms with E-state index in [1.807, 2.05) is 7.05 Å². The molecular formula is C15H21FN2O2. The molecule has 1 aromatic carbocycles. The number of hydrogen-bond acceptors (Lipinski definition) is 3. The van der Waals surface area contributed by atoms with Crippen molar-refractivity contribution in [3.8, 4) is 0 Å². The van der Waals surface area contributed by atoms with Gasteiger partial charge in [0.1, 0.15) is 5.82 Å². The van der Waals surface area contributed by atoms with Crippen molar-refractivity contribution in [2.75, 3.05) is 33.7 Å². The maximum atomic E-state index is 13.7. The third-order valence-corrected chi connectivity index (χ3v) is 3.79. The highest BCUT2D eigenvalue weighted by Crippen LogP contribution is 2.18. The van der Waals surface area contributed by atoms with E-state index in [0.717, 1.165) is 19.6 Å². The molecular weight excluding hydrogens is 259 g/mol. The quantitative estimate of drug-likeness (QED) is 0.895. The molecule has 1 saturated heterocycles. The molecule has 1 unspecified atom stereocenters. The zero-order valence-electron chi connectivity index (χ0n) is 12.0. The Labute approximate surface area is 118 Å². The first-order valence-electron chi connectivity index (χ1n) is 6.84. The van der Waals surface area contributed by atoms with Crippen molar-refractivity contribution in [3.63, 3.8) is 0 Å². The van der Waals surface area contributed by atoms with Crippen molar-refractivity contribution < 1.29 is 14.3 Å². The van der Waals surface area contributed by atoms with Crippen molar-refractivity contribution >= 4 is 5.97 Å². The zero-order valence-corrected chi connectivity index (χ0v) is 12.0. The van der Waals surface area contributed by atoms with Crippen molar-refractivity contribution in [1.82, 2.24) is 9.80 Å². The van der Waals surface area contributed by atoms with Crippen LogP contribution in [0.5, 0.6) is 0 Å². The van der Waals surface area contributed by atoms with Crippen LogP contribution in [-0.2, 0) is 6.54 Å². The SMILES string of the molecule is CN1CCC(CN(C)Cc2cc(C(=O)O)ccc2F)C1. The van der Waals surface area contributed by atoms with E-state index in [1.54, 1.807) is 0 Å². The van der Waals surface area contributed by atoms with E-state index in [9.17, 15) is 9.18 Å². The summed E-state index contributed by atoms with van der Waals surface area (Å²) in [5.74, 6) is -0.757. The highest BCUT2D eigenvalue weighted by Gasteiger charge is 2.21. The maximum absolute atomic E-state index is 13.7. The normalized spacial score (nSPS) is 19.7. The first-order valence-corrected chi connectivity index (χ1v) is 6.84. The van der Waals surface area contributed by atoms with Gasteiger partial charge >= 0.3 is 5.97 Å². The summed E-state index contributed by atoms with van der Waals surface area (Å²) in [7, 11) is 4.06. The van der Waals surface area contributed by atoms with E-state index in [2.05, 4.69) is 16.8 Å². The fourth-order valence-electron chi connectivity index (χ4n) is 2.80. The Kier molecular flexibility index (Phi) is 4.73. The Hall–Kier alpha value is -1.46. The third kappa shape index (κ3) is 3.77. The molecule has 4 nitrogen and oxygen atoms in total. The summed E-state index contributed by atoms with van der Waals surface area (Å²) in [6, 6.07) is 3.96. The number of carboxylic acids is 1. The van der Waals surface area contributed by atoms with E-state index in [4.69, 9.17) is 5.11 Å². The van der Waals surface area contributed by atoms with Gasteiger partial charge in [0, 0.05) is 25.2 Å². The first-order chi connectivity index (χ1) is 9.45. The standard InChI is InChI=1S/C15H21FN2O2/c1-17-6-5-11(8-17)9-18(2)10-13-7-12(15(19)20)3-4-14(13)16/h3-4,7,11H,5-6,8-10H2,1-2H3,(H,19,20). The molecule has 20 heavy (non-hydrogen) atoms. The molecule has 1 aliphatic heterocycles. The van der Waals surface area contributed by atoms with Gasteiger partial charge in [-0.3, -0.25) is 0 Å². The Balaban J connectivity index is 1.98. The molecule has 1 aliphatic rings. The van der Waals surface area contributed by atoms with Crippen LogP contribution in [-0.4, -0.2) is 54.6 Å². The number of halogens is 1. The van der Waals surface area contributed by atoms with Crippen LogP contribution in [0.3, 0.4) is 0 Å². The largest absolute Gasteiger partial charge is 0.478 e. The molecule has 5 heteroatoms. The summed E-state index contributed by atoms with van der Waals surface area (Å²) in [5.41, 5.74) is 0.578. The molecule has 0 amide bonds. The lowest BCUT2D eigenvalue weighted by molar-refractivity contribution is 0.0696. The molecule has 0 aromatic heterocycles. The van der Waals surface area contributed by atoms with Crippen LogP contribution >= 0.6 is 0 Å². The van der Waals surface area contributed by atoms with Gasteiger partial charge in [0.2, 0.25) is 0 Å². The Morgan fingerprint density at radius 3 is 2.90 bits per heavy atom. The van der Waals surface area contributed by atoms with Gasteiger partial charge in [-0.15, -0.1) is 0 Å². The second-order valence-electron chi connectivity index (χ2n) is 5.73. The summed E-state index contributed by atoms with van der Waals surface area (Å²) < 4.78 is 13.7. The Morgan fingerprint density at radius 2 is 2.30 bits per heavy atom. The average molecular weight is 280 g/mol. The zero-order chi connectivity index (χ0) is 14.7. The molecule has 0 bridgehead atoms. The van der Waals surface area contributed by atoms with Crippen LogP contribution in [0.2, 0.25) is 0 Å². The maximum Gasteiger partial charge on any atom is 0.335 e. The fraction of sp³-hybridized carbons (Fsp3) is 0.533. The van der Waals surface area contributed by atoms with E-state index in [-0.39, 0.29) is 11.4 Å². The second-order valence-corrected chi connectivity index (χ2v) is 5.73. The minimum Gasteiger partial charge on any atom is -0.478 e. The number of likely N-dealkylation sites (tertiary alicyclic amines) is 1. The van der Waals surface area contributed by atoms with E-state index < -0.39 is 5.97 Å². The highest BCUT2D eigenvalue weighted by molar-refractivity contribution is 5.87. The van der Waals surface area contributed by atoms with Gasteiger partial charge in [-0.25, -0.2) is 9.18 Å². The smallest absolute Gasteiger partial charge is 0.335 e. The fourth-order valence-corrected chi connectivity index (χ4v) is 2.80. The Morgan fingerprint density at radius 1 is 1.55 bits per heavy atom. The topological polar surface area (TPSA) is 43.8 Å². The molecule has 1 heterocycles. The van der Waals surface area contributed by atoms with Gasteiger partial charge in [0.05, 0.1) is 5.56 Å². The third-order valence-electron chi connectivity index (χ3n) is 3.79. The van der Waals surface area contributed by atoms with Crippen LogP contribution in [0, 0.1) is 11.7 Å². The monoisotopic (exact) mass is 280 g/mol. The number of carbonyl (C=O) groups is 1. The van der Waals surface area contributed by atoms with Crippen molar-refractivity contribution in [1.29, 1.82) is 0 Å². The Bertz CT molecular complexity index is 493. The molecule has 1 atom stereocenters. The van der Waals surface area contributed by atoms with Crippen LogP contribution < -0.4 is 0 Å². The molecule has 1 fully saturated rings. The summed E-state index contributed by atoms with van der Waals surface area (Å²) in [5, 5.41) is 8.95. The molecule has 0 radical (unpaired) electrons. The molecule has 0 spiro atoms. The number of nitrogens with zero attached hydrogens (tertiary/aromatic N) is 2. The van der Waals surface area contributed by atoms with Gasteiger partial charge in [-0.05, 0) is 51.2 Å². The van der Waals surface area contributed by atoms with Gasteiger partial charge in [0.25, 0.3) is 0 Å². The average Bonchev–Trinajstić information content (AvgIpc) is 2.77. The number of rotatable bonds is 5. The summed E-state index contributed by atoms with van der Waals surface area (Å²) in [6.07, 6.45) is 1.17. The predicted molar refractivity (Wildman–Crippen MR) is 75.3 cm³/mol. The first kappa shape index (κ1) is 14.9. The number of aromatic carboxylic acids is 1. The lowest BCUT2D eigenvalue weighted by Crippen LogP contribution is -2.27. The molecule has 0 saturated carbocycles. The van der Waals surface area contributed by atoms with E-state index in [0.29, 0.717) is 18.0 Å². The number of hydrogen-bond donors (Lipinski definition) is 1. The van der Waals surface area contributed by atoms with E-state index >= 15 is 0 Å². The lowest BCUT2D eigenvalue weighted by atomic mass is 10.1.